The molecule has 2 unspecified atom stereocenters. The summed E-state index contributed by atoms with van der Waals surface area (Å²) in [4.78, 5) is 5.00. The fourth-order valence-corrected chi connectivity index (χ4v) is 4.28. The quantitative estimate of drug-likeness (QED) is 0.600. The maximum atomic E-state index is 5.00. The van der Waals surface area contributed by atoms with E-state index in [4.69, 9.17) is 4.99 Å². The molecule has 1 aliphatic carbocycles. The number of hydrogen-bond acceptors (Lipinski definition) is 1. The van der Waals surface area contributed by atoms with Crippen molar-refractivity contribution in [3.8, 4) is 0 Å². The van der Waals surface area contributed by atoms with E-state index in [0.717, 1.165) is 17.2 Å². The summed E-state index contributed by atoms with van der Waals surface area (Å²) in [5.41, 5.74) is 7.91. The molecule has 1 fully saturated rings. The van der Waals surface area contributed by atoms with Gasteiger partial charge in [-0.1, -0.05) is 44.6 Å². The zero-order valence-corrected chi connectivity index (χ0v) is 15.0. The van der Waals surface area contributed by atoms with Crippen LogP contribution in [0.3, 0.4) is 0 Å². The van der Waals surface area contributed by atoms with E-state index in [0.29, 0.717) is 12.0 Å². The summed E-state index contributed by atoms with van der Waals surface area (Å²) in [5.74, 6) is 1.22. The maximum absolute atomic E-state index is 5.00. The summed E-state index contributed by atoms with van der Waals surface area (Å²) >= 11 is 0. The fourth-order valence-electron chi connectivity index (χ4n) is 4.28. The lowest BCUT2D eigenvalue weighted by Gasteiger charge is -2.30. The van der Waals surface area contributed by atoms with Crippen LogP contribution < -0.4 is 0 Å². The molecule has 1 heterocycles. The molecule has 1 saturated carbocycles. The van der Waals surface area contributed by atoms with Gasteiger partial charge in [0.05, 0.1) is 11.8 Å². The second kappa shape index (κ2) is 6.47. The van der Waals surface area contributed by atoms with Gasteiger partial charge in [-0.05, 0) is 67.9 Å². The Bertz CT molecular complexity index is 671. The van der Waals surface area contributed by atoms with Gasteiger partial charge >= 0.3 is 0 Å². The SMILES string of the molecule is C=C(/C=C\C)C1=NC(C)C(C)c2c(C)cc(C3CCCC3)cc21. The molecule has 0 N–H and O–H groups in total. The van der Waals surface area contributed by atoms with E-state index in [9.17, 15) is 0 Å². The summed E-state index contributed by atoms with van der Waals surface area (Å²) in [5, 5.41) is 0. The number of nitrogens with zero attached hydrogens (tertiary/aromatic N) is 1. The van der Waals surface area contributed by atoms with E-state index in [2.05, 4.69) is 51.6 Å². The minimum absolute atomic E-state index is 0.315. The minimum Gasteiger partial charge on any atom is -0.280 e. The first-order chi connectivity index (χ1) is 11.0. The Morgan fingerprint density at radius 3 is 2.57 bits per heavy atom. The third-order valence-electron chi connectivity index (χ3n) is 5.67. The van der Waals surface area contributed by atoms with Crippen molar-refractivity contribution in [2.24, 2.45) is 4.99 Å². The van der Waals surface area contributed by atoms with Crippen molar-refractivity contribution >= 4 is 5.71 Å². The van der Waals surface area contributed by atoms with Crippen LogP contribution in [0.4, 0.5) is 0 Å². The number of benzene rings is 1. The first-order valence-corrected chi connectivity index (χ1v) is 9.07. The number of allylic oxidation sites excluding steroid dienone is 3. The van der Waals surface area contributed by atoms with Crippen LogP contribution in [0, 0.1) is 6.92 Å². The number of rotatable bonds is 3. The van der Waals surface area contributed by atoms with Crippen LogP contribution >= 0.6 is 0 Å². The van der Waals surface area contributed by atoms with Crippen molar-refractivity contribution < 1.29 is 0 Å². The molecule has 0 amide bonds. The van der Waals surface area contributed by atoms with Gasteiger partial charge in [-0.15, -0.1) is 0 Å². The van der Waals surface area contributed by atoms with E-state index in [1.807, 2.05) is 6.92 Å². The van der Waals surface area contributed by atoms with Gasteiger partial charge in [0.2, 0.25) is 0 Å². The molecule has 2 atom stereocenters. The van der Waals surface area contributed by atoms with Crippen LogP contribution in [0.15, 0.2) is 41.4 Å². The fraction of sp³-hybridized carbons (Fsp3) is 0.500. The van der Waals surface area contributed by atoms with Crippen LogP contribution in [-0.4, -0.2) is 11.8 Å². The van der Waals surface area contributed by atoms with E-state index in [-0.39, 0.29) is 0 Å². The Morgan fingerprint density at radius 1 is 1.22 bits per heavy atom. The smallest absolute Gasteiger partial charge is 0.0719 e. The molecule has 23 heavy (non-hydrogen) atoms. The molecule has 0 radical (unpaired) electrons. The number of fused-ring (bicyclic) bond motifs is 1. The van der Waals surface area contributed by atoms with Crippen molar-refractivity contribution in [1.82, 2.24) is 0 Å². The summed E-state index contributed by atoms with van der Waals surface area (Å²) in [6.45, 7) is 13.1. The Kier molecular flexibility index (Phi) is 4.57. The van der Waals surface area contributed by atoms with Crippen LogP contribution in [0.1, 0.15) is 80.5 Å². The zero-order chi connectivity index (χ0) is 16.6. The molecule has 3 rings (SSSR count). The monoisotopic (exact) mass is 307 g/mol. The summed E-state index contributed by atoms with van der Waals surface area (Å²) < 4.78 is 0. The number of aliphatic imine (C=N–C) groups is 1. The highest BCUT2D eigenvalue weighted by atomic mass is 14.8. The van der Waals surface area contributed by atoms with Crippen molar-refractivity contribution in [2.45, 2.75) is 71.3 Å². The molecule has 1 aromatic carbocycles. The summed E-state index contributed by atoms with van der Waals surface area (Å²) in [6.07, 6.45) is 9.57. The van der Waals surface area contributed by atoms with E-state index < -0.39 is 0 Å². The third kappa shape index (κ3) is 2.94. The maximum Gasteiger partial charge on any atom is 0.0719 e. The topological polar surface area (TPSA) is 12.4 Å². The minimum atomic E-state index is 0.315. The van der Waals surface area contributed by atoms with Gasteiger partial charge in [-0.3, -0.25) is 4.99 Å². The van der Waals surface area contributed by atoms with Crippen LogP contribution in [0.2, 0.25) is 0 Å². The highest BCUT2D eigenvalue weighted by Gasteiger charge is 2.29. The van der Waals surface area contributed by atoms with Gasteiger partial charge in [0.15, 0.2) is 0 Å². The standard InChI is InChI=1S/C22H29N/c1-6-9-14(2)22-20-13-19(18-10-7-8-11-18)12-15(3)21(20)16(4)17(5)23-22/h6,9,12-13,16-18H,2,7-8,10-11H2,1,3-5H3/b9-6-. The van der Waals surface area contributed by atoms with Gasteiger partial charge in [-0.25, -0.2) is 0 Å². The molecule has 0 spiro atoms. The number of hydrogen-bond donors (Lipinski definition) is 0. The average molecular weight is 307 g/mol. The molecule has 1 aliphatic heterocycles. The second-order valence-electron chi connectivity index (χ2n) is 7.31. The summed E-state index contributed by atoms with van der Waals surface area (Å²) in [7, 11) is 0. The first-order valence-electron chi connectivity index (χ1n) is 9.07. The van der Waals surface area contributed by atoms with Gasteiger partial charge < -0.3 is 0 Å². The first kappa shape index (κ1) is 16.2. The third-order valence-corrected chi connectivity index (χ3v) is 5.67. The Balaban J connectivity index is 2.13. The Labute approximate surface area is 141 Å². The molecule has 0 bridgehead atoms. The lowest BCUT2D eigenvalue weighted by molar-refractivity contribution is 0.601. The predicted octanol–water partition coefficient (Wildman–Crippen LogP) is 6.08. The molecule has 0 aromatic heterocycles. The van der Waals surface area contributed by atoms with Gasteiger partial charge in [-0.2, -0.15) is 0 Å². The molecule has 1 nitrogen and oxygen atoms in total. The zero-order valence-electron chi connectivity index (χ0n) is 15.0. The molecule has 0 saturated heterocycles. The highest BCUT2D eigenvalue weighted by molar-refractivity contribution is 6.15. The van der Waals surface area contributed by atoms with Crippen LogP contribution in [-0.2, 0) is 0 Å². The molecule has 2 aliphatic rings. The Hall–Kier alpha value is -1.63. The van der Waals surface area contributed by atoms with Crippen molar-refractivity contribution in [3.63, 3.8) is 0 Å². The van der Waals surface area contributed by atoms with Gasteiger partial charge in [0, 0.05) is 11.5 Å². The Morgan fingerprint density at radius 2 is 1.91 bits per heavy atom. The number of aryl methyl sites for hydroxylation is 1. The summed E-state index contributed by atoms with van der Waals surface area (Å²) in [6, 6.07) is 5.18. The molecular formula is C22H29N. The largest absolute Gasteiger partial charge is 0.280 e. The van der Waals surface area contributed by atoms with Crippen molar-refractivity contribution in [3.05, 3.63) is 58.7 Å². The van der Waals surface area contributed by atoms with Crippen molar-refractivity contribution in [2.75, 3.05) is 0 Å². The average Bonchev–Trinajstić information content (AvgIpc) is 3.04. The van der Waals surface area contributed by atoms with Gasteiger partial charge in [0.1, 0.15) is 0 Å². The molecule has 122 valence electrons. The van der Waals surface area contributed by atoms with E-state index in [1.165, 1.54) is 47.9 Å². The molecule has 1 aromatic rings. The normalized spacial score (nSPS) is 24.8. The lowest BCUT2D eigenvalue weighted by Crippen LogP contribution is -2.24. The van der Waals surface area contributed by atoms with Crippen LogP contribution in [0.5, 0.6) is 0 Å². The molecular weight excluding hydrogens is 278 g/mol. The molecule has 1 heteroatoms. The predicted molar refractivity (Wildman–Crippen MR) is 101 cm³/mol. The van der Waals surface area contributed by atoms with E-state index in [1.54, 1.807) is 0 Å². The van der Waals surface area contributed by atoms with Crippen LogP contribution in [0.25, 0.3) is 0 Å². The lowest BCUT2D eigenvalue weighted by atomic mass is 9.79. The highest BCUT2D eigenvalue weighted by Crippen LogP contribution is 2.40. The van der Waals surface area contributed by atoms with Crippen molar-refractivity contribution in [1.29, 1.82) is 0 Å². The van der Waals surface area contributed by atoms with E-state index >= 15 is 0 Å². The van der Waals surface area contributed by atoms with Gasteiger partial charge in [0.25, 0.3) is 0 Å². The second-order valence-corrected chi connectivity index (χ2v) is 7.31.